The lowest BCUT2D eigenvalue weighted by molar-refractivity contribution is -0.134. The van der Waals surface area contributed by atoms with Crippen molar-refractivity contribution >= 4 is 16.0 Å². The van der Waals surface area contributed by atoms with E-state index in [1.807, 2.05) is 0 Å². The number of rotatable bonds is 5. The van der Waals surface area contributed by atoms with Crippen molar-refractivity contribution in [3.63, 3.8) is 0 Å². The van der Waals surface area contributed by atoms with Gasteiger partial charge in [-0.05, 0) is 26.2 Å². The van der Waals surface area contributed by atoms with Crippen LogP contribution in [0.15, 0.2) is 0 Å². The minimum atomic E-state index is -3.78. The topological polar surface area (TPSA) is 94.9 Å². The quantitative estimate of drug-likeness (QED) is 0.760. The number of sulfonamides is 1. The van der Waals surface area contributed by atoms with Gasteiger partial charge >= 0.3 is 5.97 Å². The summed E-state index contributed by atoms with van der Waals surface area (Å²) in [4.78, 5) is 10.6. The van der Waals surface area contributed by atoms with Gasteiger partial charge < -0.3 is 10.2 Å². The van der Waals surface area contributed by atoms with Crippen LogP contribution in [-0.2, 0) is 14.8 Å². The van der Waals surface area contributed by atoms with Crippen molar-refractivity contribution in [2.45, 2.75) is 51.2 Å². The number of carboxylic acids is 1. The molecule has 0 amide bonds. The monoisotopic (exact) mass is 279 g/mol. The van der Waals surface area contributed by atoms with Crippen LogP contribution in [0.25, 0.3) is 0 Å². The normalized spacial score (nSPS) is 24.4. The molecule has 2 atom stereocenters. The fourth-order valence-electron chi connectivity index (χ4n) is 2.39. The zero-order chi connectivity index (χ0) is 13.8. The number of carbonyl (C=O) groups is 1. The number of hydrogen-bond donors (Lipinski definition) is 2. The van der Waals surface area contributed by atoms with Crippen molar-refractivity contribution in [2.75, 3.05) is 12.3 Å². The molecule has 0 aromatic heterocycles. The summed E-state index contributed by atoms with van der Waals surface area (Å²) in [6, 6.07) is -0.281. The maximum Gasteiger partial charge on any atom is 0.320 e. The predicted molar refractivity (Wildman–Crippen MR) is 66.7 cm³/mol. The van der Waals surface area contributed by atoms with Crippen LogP contribution in [0.3, 0.4) is 0 Å². The molecule has 7 heteroatoms. The maximum atomic E-state index is 12.0. The minimum absolute atomic E-state index is 0.281. The highest BCUT2D eigenvalue weighted by molar-refractivity contribution is 7.89. The van der Waals surface area contributed by atoms with E-state index in [-0.39, 0.29) is 6.04 Å². The standard InChI is InChI=1S/C11H21NO5S/c1-9(13)7-10-5-3-2-4-6-12(10)18(16,17)8-11(14)15/h9-10,13H,2-8H2,1H3,(H,14,15). The van der Waals surface area contributed by atoms with E-state index in [9.17, 15) is 18.3 Å². The number of carboxylic acid groups (broad SMARTS) is 1. The third kappa shape index (κ3) is 4.55. The number of aliphatic hydroxyl groups excluding tert-OH is 1. The van der Waals surface area contributed by atoms with Crippen molar-refractivity contribution in [3.8, 4) is 0 Å². The van der Waals surface area contributed by atoms with Crippen LogP contribution in [0.4, 0.5) is 0 Å². The zero-order valence-corrected chi connectivity index (χ0v) is 11.4. The highest BCUT2D eigenvalue weighted by Crippen LogP contribution is 2.23. The molecule has 1 aliphatic rings. The van der Waals surface area contributed by atoms with Gasteiger partial charge in [-0.3, -0.25) is 4.79 Å². The summed E-state index contributed by atoms with van der Waals surface area (Å²) >= 11 is 0. The average Bonchev–Trinajstić information content (AvgIpc) is 2.40. The summed E-state index contributed by atoms with van der Waals surface area (Å²) in [5.74, 6) is -2.21. The fourth-order valence-corrected chi connectivity index (χ4v) is 3.92. The van der Waals surface area contributed by atoms with Gasteiger partial charge in [-0.25, -0.2) is 8.42 Å². The summed E-state index contributed by atoms with van der Waals surface area (Å²) in [5.41, 5.74) is 0. The average molecular weight is 279 g/mol. The molecule has 1 saturated heterocycles. The minimum Gasteiger partial charge on any atom is -0.480 e. The molecule has 0 aliphatic carbocycles. The number of hydrogen-bond acceptors (Lipinski definition) is 4. The van der Waals surface area contributed by atoms with Crippen LogP contribution < -0.4 is 0 Å². The predicted octanol–water partition coefficient (Wildman–Crippen LogP) is 0.416. The Balaban J connectivity index is 2.87. The Bertz CT molecular complexity index is 379. The Kier molecular flexibility index (Phi) is 5.55. The Morgan fingerprint density at radius 3 is 2.61 bits per heavy atom. The molecule has 0 bridgehead atoms. The van der Waals surface area contributed by atoms with E-state index in [2.05, 4.69) is 0 Å². The lowest BCUT2D eigenvalue weighted by Crippen LogP contribution is -2.43. The first kappa shape index (κ1) is 15.4. The van der Waals surface area contributed by atoms with E-state index in [0.717, 1.165) is 19.3 Å². The molecular weight excluding hydrogens is 258 g/mol. The lowest BCUT2D eigenvalue weighted by atomic mass is 10.1. The summed E-state index contributed by atoms with van der Waals surface area (Å²) in [5, 5.41) is 18.1. The molecule has 18 heavy (non-hydrogen) atoms. The number of nitrogens with zero attached hydrogens (tertiary/aromatic N) is 1. The summed E-state index contributed by atoms with van der Waals surface area (Å²) in [6.45, 7) is 1.97. The van der Waals surface area contributed by atoms with Gasteiger partial charge in [-0.15, -0.1) is 0 Å². The van der Waals surface area contributed by atoms with E-state index in [4.69, 9.17) is 5.11 Å². The molecule has 106 valence electrons. The van der Waals surface area contributed by atoms with Gasteiger partial charge in [0.2, 0.25) is 10.0 Å². The van der Waals surface area contributed by atoms with Crippen molar-refractivity contribution in [2.24, 2.45) is 0 Å². The number of aliphatic hydroxyl groups is 1. The summed E-state index contributed by atoms with van der Waals surface area (Å²) in [6.07, 6.45) is 3.06. The summed E-state index contributed by atoms with van der Waals surface area (Å²) in [7, 11) is -3.78. The van der Waals surface area contributed by atoms with E-state index in [0.29, 0.717) is 19.4 Å². The molecule has 0 spiro atoms. The van der Waals surface area contributed by atoms with Gasteiger partial charge in [-0.2, -0.15) is 4.31 Å². The van der Waals surface area contributed by atoms with Crippen molar-refractivity contribution in [3.05, 3.63) is 0 Å². The Labute approximate surface area is 108 Å². The molecule has 0 saturated carbocycles. The van der Waals surface area contributed by atoms with Crippen molar-refractivity contribution in [1.82, 2.24) is 4.31 Å². The van der Waals surface area contributed by atoms with Crippen LogP contribution in [-0.4, -0.2) is 53.3 Å². The van der Waals surface area contributed by atoms with E-state index in [1.165, 1.54) is 4.31 Å². The Hall–Kier alpha value is -0.660. The largest absolute Gasteiger partial charge is 0.480 e. The first-order chi connectivity index (χ1) is 8.33. The first-order valence-corrected chi connectivity index (χ1v) is 7.83. The molecule has 2 N–H and O–H groups in total. The van der Waals surface area contributed by atoms with Gasteiger partial charge in [-0.1, -0.05) is 12.8 Å². The lowest BCUT2D eigenvalue weighted by Gasteiger charge is -2.29. The smallest absolute Gasteiger partial charge is 0.320 e. The molecule has 1 aliphatic heterocycles. The van der Waals surface area contributed by atoms with Crippen LogP contribution in [0.2, 0.25) is 0 Å². The molecule has 2 unspecified atom stereocenters. The highest BCUT2D eigenvalue weighted by atomic mass is 32.2. The second kappa shape index (κ2) is 6.49. The second-order valence-electron chi connectivity index (χ2n) is 4.85. The molecule has 0 radical (unpaired) electrons. The summed E-state index contributed by atoms with van der Waals surface area (Å²) < 4.78 is 25.3. The van der Waals surface area contributed by atoms with Gasteiger partial charge in [0.05, 0.1) is 6.10 Å². The fraction of sp³-hybridized carbons (Fsp3) is 0.909. The van der Waals surface area contributed by atoms with Gasteiger partial charge in [0.1, 0.15) is 0 Å². The second-order valence-corrected chi connectivity index (χ2v) is 6.77. The van der Waals surface area contributed by atoms with E-state index >= 15 is 0 Å². The molecule has 1 fully saturated rings. The molecule has 1 rings (SSSR count). The van der Waals surface area contributed by atoms with E-state index < -0.39 is 27.8 Å². The molecule has 1 heterocycles. The van der Waals surface area contributed by atoms with Crippen LogP contribution in [0, 0.1) is 0 Å². The van der Waals surface area contributed by atoms with E-state index in [1.54, 1.807) is 6.92 Å². The van der Waals surface area contributed by atoms with Crippen LogP contribution >= 0.6 is 0 Å². The molecule has 0 aromatic rings. The van der Waals surface area contributed by atoms with Gasteiger partial charge in [0, 0.05) is 12.6 Å². The first-order valence-electron chi connectivity index (χ1n) is 6.22. The molecule has 0 aromatic carbocycles. The Morgan fingerprint density at radius 2 is 2.06 bits per heavy atom. The zero-order valence-electron chi connectivity index (χ0n) is 10.6. The third-order valence-corrected chi connectivity index (χ3v) is 4.91. The van der Waals surface area contributed by atoms with Gasteiger partial charge in [0.15, 0.2) is 5.75 Å². The van der Waals surface area contributed by atoms with Crippen molar-refractivity contribution < 1.29 is 23.4 Å². The van der Waals surface area contributed by atoms with Gasteiger partial charge in [0.25, 0.3) is 0 Å². The number of aliphatic carboxylic acids is 1. The van der Waals surface area contributed by atoms with Crippen LogP contribution in [0.1, 0.15) is 39.0 Å². The molecular formula is C11H21NO5S. The van der Waals surface area contributed by atoms with Crippen LogP contribution in [0.5, 0.6) is 0 Å². The SMILES string of the molecule is CC(O)CC1CCCCCN1S(=O)(=O)CC(=O)O. The highest BCUT2D eigenvalue weighted by Gasteiger charge is 2.33. The third-order valence-electron chi connectivity index (χ3n) is 3.10. The molecule has 6 nitrogen and oxygen atoms in total. The van der Waals surface area contributed by atoms with Crippen molar-refractivity contribution in [1.29, 1.82) is 0 Å². The Morgan fingerprint density at radius 1 is 1.39 bits per heavy atom. The maximum absolute atomic E-state index is 12.0.